The highest BCUT2D eigenvalue weighted by molar-refractivity contribution is 9.10. The van der Waals surface area contributed by atoms with Gasteiger partial charge in [-0.05, 0) is 48.9 Å². The maximum atomic E-state index is 13.2. The Bertz CT molecular complexity index is 707. The second-order valence-electron chi connectivity index (χ2n) is 4.49. The van der Waals surface area contributed by atoms with Crippen molar-refractivity contribution in [3.63, 3.8) is 0 Å². The molecule has 0 atom stereocenters. The van der Waals surface area contributed by atoms with E-state index in [1.807, 2.05) is 0 Å². The first-order chi connectivity index (χ1) is 9.70. The average molecular weight is 361 g/mol. The molecule has 1 nitrogen and oxygen atoms in total. The number of carbonyl (C=O) groups is 1. The van der Waals surface area contributed by atoms with E-state index in [0.29, 0.717) is 0 Å². The van der Waals surface area contributed by atoms with Gasteiger partial charge in [-0.1, -0.05) is 15.9 Å². The minimum absolute atomic E-state index is 0.115. The molecule has 2 rings (SSSR count). The van der Waals surface area contributed by atoms with Crippen molar-refractivity contribution < 1.29 is 22.4 Å². The first-order valence-electron chi connectivity index (χ1n) is 5.88. The molecule has 0 aromatic heterocycles. The number of hydrogen-bond donors (Lipinski definition) is 0. The van der Waals surface area contributed by atoms with Crippen LogP contribution in [-0.2, 0) is 6.18 Å². The van der Waals surface area contributed by atoms with Crippen LogP contribution in [0.5, 0.6) is 0 Å². The summed E-state index contributed by atoms with van der Waals surface area (Å²) in [6, 6.07) is 6.51. The molecule has 0 spiro atoms. The van der Waals surface area contributed by atoms with Gasteiger partial charge in [0.1, 0.15) is 5.82 Å². The minimum Gasteiger partial charge on any atom is -0.289 e. The molecule has 0 saturated carbocycles. The van der Waals surface area contributed by atoms with Gasteiger partial charge in [0.05, 0.1) is 5.56 Å². The van der Waals surface area contributed by atoms with E-state index < -0.39 is 23.3 Å². The van der Waals surface area contributed by atoms with Crippen LogP contribution in [0.3, 0.4) is 0 Å². The number of halogens is 5. The van der Waals surface area contributed by atoms with Crippen molar-refractivity contribution in [2.24, 2.45) is 0 Å². The lowest BCUT2D eigenvalue weighted by Crippen LogP contribution is -2.09. The van der Waals surface area contributed by atoms with Gasteiger partial charge in [0.15, 0.2) is 5.78 Å². The molecule has 2 aromatic rings. The van der Waals surface area contributed by atoms with Crippen LogP contribution in [0.15, 0.2) is 40.9 Å². The van der Waals surface area contributed by atoms with Crippen molar-refractivity contribution in [1.82, 2.24) is 0 Å². The van der Waals surface area contributed by atoms with E-state index in [4.69, 9.17) is 0 Å². The Morgan fingerprint density at radius 2 is 1.76 bits per heavy atom. The summed E-state index contributed by atoms with van der Waals surface area (Å²) in [7, 11) is 0. The monoisotopic (exact) mass is 360 g/mol. The fraction of sp³-hybridized carbons (Fsp3) is 0.133. The lowest BCUT2D eigenvalue weighted by molar-refractivity contribution is -0.137. The molecule has 0 bridgehead atoms. The summed E-state index contributed by atoms with van der Waals surface area (Å²) in [4.78, 5) is 12.3. The quantitative estimate of drug-likeness (QED) is 0.534. The van der Waals surface area contributed by atoms with E-state index in [2.05, 4.69) is 15.9 Å². The van der Waals surface area contributed by atoms with Crippen LogP contribution < -0.4 is 0 Å². The minimum atomic E-state index is -4.53. The molecule has 6 heteroatoms. The van der Waals surface area contributed by atoms with Gasteiger partial charge < -0.3 is 0 Å². The SMILES string of the molecule is Cc1cc(C(=O)c2cc(C(F)(F)F)ccc2Br)ccc1F. The van der Waals surface area contributed by atoms with Crippen LogP contribution in [0.4, 0.5) is 17.6 Å². The molecule has 0 unspecified atom stereocenters. The van der Waals surface area contributed by atoms with Gasteiger partial charge in [-0.15, -0.1) is 0 Å². The van der Waals surface area contributed by atoms with Crippen LogP contribution in [0.25, 0.3) is 0 Å². The van der Waals surface area contributed by atoms with Crippen molar-refractivity contribution in [1.29, 1.82) is 0 Å². The van der Waals surface area contributed by atoms with Crippen LogP contribution in [0.2, 0.25) is 0 Å². The maximum Gasteiger partial charge on any atom is 0.416 e. The molecule has 110 valence electrons. The summed E-state index contributed by atoms with van der Waals surface area (Å²) < 4.78 is 51.6. The van der Waals surface area contributed by atoms with E-state index in [1.54, 1.807) is 0 Å². The summed E-state index contributed by atoms with van der Waals surface area (Å²) in [5.41, 5.74) is -0.637. The van der Waals surface area contributed by atoms with Gasteiger partial charge in [0, 0.05) is 15.6 Å². The Kier molecular flexibility index (Phi) is 4.18. The fourth-order valence-electron chi connectivity index (χ4n) is 1.82. The summed E-state index contributed by atoms with van der Waals surface area (Å²) in [6.07, 6.45) is -4.53. The zero-order chi connectivity index (χ0) is 15.8. The van der Waals surface area contributed by atoms with Crippen molar-refractivity contribution in [2.75, 3.05) is 0 Å². The standard InChI is InChI=1S/C15H9BrF4O/c1-8-6-9(2-5-13(8)17)14(21)11-7-10(15(18,19)20)3-4-12(11)16/h2-7H,1H3. The number of rotatable bonds is 2. The molecule has 0 fully saturated rings. The Labute approximate surface area is 126 Å². The first-order valence-corrected chi connectivity index (χ1v) is 6.67. The van der Waals surface area contributed by atoms with Crippen LogP contribution >= 0.6 is 15.9 Å². The second-order valence-corrected chi connectivity index (χ2v) is 5.34. The molecule has 2 aromatic carbocycles. The lowest BCUT2D eigenvalue weighted by atomic mass is 9.99. The summed E-state index contributed by atoms with van der Waals surface area (Å²) >= 11 is 3.07. The normalized spacial score (nSPS) is 11.5. The third kappa shape index (κ3) is 3.32. The van der Waals surface area contributed by atoms with Crippen molar-refractivity contribution in [2.45, 2.75) is 13.1 Å². The molecular weight excluding hydrogens is 352 g/mol. The molecule has 0 amide bonds. The molecular formula is C15H9BrF4O. The number of ketones is 1. The summed E-state index contributed by atoms with van der Waals surface area (Å²) in [5.74, 6) is -1.08. The van der Waals surface area contributed by atoms with Gasteiger partial charge in [0.25, 0.3) is 0 Å². The Balaban J connectivity index is 2.50. The van der Waals surface area contributed by atoms with E-state index >= 15 is 0 Å². The number of hydrogen-bond acceptors (Lipinski definition) is 1. The summed E-state index contributed by atoms with van der Waals surface area (Å²) in [6.45, 7) is 1.48. The van der Waals surface area contributed by atoms with Gasteiger partial charge in [-0.3, -0.25) is 4.79 Å². The van der Waals surface area contributed by atoms with Crippen LogP contribution in [0.1, 0.15) is 27.0 Å². The summed E-state index contributed by atoms with van der Waals surface area (Å²) in [5, 5.41) is 0. The highest BCUT2D eigenvalue weighted by Gasteiger charge is 2.31. The number of carbonyl (C=O) groups excluding carboxylic acids is 1. The largest absolute Gasteiger partial charge is 0.416 e. The Hall–Kier alpha value is -1.69. The third-order valence-corrected chi connectivity index (χ3v) is 3.65. The molecule has 0 saturated heterocycles. The van der Waals surface area contributed by atoms with Crippen molar-refractivity contribution >= 4 is 21.7 Å². The molecule has 0 N–H and O–H groups in total. The molecule has 0 aliphatic heterocycles. The lowest BCUT2D eigenvalue weighted by Gasteiger charge is -2.10. The highest BCUT2D eigenvalue weighted by Crippen LogP contribution is 2.32. The second kappa shape index (κ2) is 5.60. The molecule has 0 aliphatic carbocycles. The van der Waals surface area contributed by atoms with Crippen LogP contribution in [-0.4, -0.2) is 5.78 Å². The zero-order valence-electron chi connectivity index (χ0n) is 10.8. The maximum absolute atomic E-state index is 13.2. The van der Waals surface area contributed by atoms with E-state index in [0.717, 1.165) is 18.2 Å². The molecule has 0 heterocycles. The third-order valence-electron chi connectivity index (χ3n) is 2.96. The molecule has 21 heavy (non-hydrogen) atoms. The first kappa shape index (κ1) is 15.7. The van der Waals surface area contributed by atoms with E-state index in [9.17, 15) is 22.4 Å². The predicted octanol–water partition coefficient (Wildman–Crippen LogP) is 5.15. The van der Waals surface area contributed by atoms with Gasteiger partial charge in [-0.2, -0.15) is 13.2 Å². The fourth-order valence-corrected chi connectivity index (χ4v) is 2.24. The number of aryl methyl sites for hydroxylation is 1. The molecule has 0 radical (unpaired) electrons. The van der Waals surface area contributed by atoms with Crippen LogP contribution in [0, 0.1) is 12.7 Å². The van der Waals surface area contributed by atoms with Gasteiger partial charge >= 0.3 is 6.18 Å². The van der Waals surface area contributed by atoms with E-state index in [1.165, 1.54) is 25.1 Å². The topological polar surface area (TPSA) is 17.1 Å². The van der Waals surface area contributed by atoms with Gasteiger partial charge in [-0.25, -0.2) is 4.39 Å². The van der Waals surface area contributed by atoms with E-state index in [-0.39, 0.29) is 21.2 Å². The van der Waals surface area contributed by atoms with Gasteiger partial charge in [0.2, 0.25) is 0 Å². The number of alkyl halides is 3. The molecule has 0 aliphatic rings. The average Bonchev–Trinajstić information content (AvgIpc) is 2.40. The Morgan fingerprint density at radius 1 is 1.10 bits per heavy atom. The highest BCUT2D eigenvalue weighted by atomic mass is 79.9. The zero-order valence-corrected chi connectivity index (χ0v) is 12.3. The smallest absolute Gasteiger partial charge is 0.289 e. The predicted molar refractivity (Wildman–Crippen MR) is 73.7 cm³/mol. The van der Waals surface area contributed by atoms with Crippen molar-refractivity contribution in [3.8, 4) is 0 Å². The van der Waals surface area contributed by atoms with Crippen molar-refractivity contribution in [3.05, 3.63) is 68.9 Å². The number of benzene rings is 2. The Morgan fingerprint density at radius 3 is 2.33 bits per heavy atom.